The number of carbonyl (C=O) groups excluding carboxylic acids is 1. The number of carbonyl (C=O) groups is 1. The van der Waals surface area contributed by atoms with Crippen LogP contribution in [0.1, 0.15) is 40.0 Å². The van der Waals surface area contributed by atoms with E-state index in [0.29, 0.717) is 19.0 Å². The summed E-state index contributed by atoms with van der Waals surface area (Å²) in [7, 11) is 0. The molecule has 1 heterocycles. The zero-order chi connectivity index (χ0) is 14.0. The van der Waals surface area contributed by atoms with Crippen LogP contribution in [0.4, 0.5) is 4.79 Å². The Kier molecular flexibility index (Phi) is 4.19. The summed E-state index contributed by atoms with van der Waals surface area (Å²) < 4.78 is 5.35. The summed E-state index contributed by atoms with van der Waals surface area (Å²) in [5.41, 5.74) is -0.477. The molecule has 1 fully saturated rings. The van der Waals surface area contributed by atoms with E-state index in [1.54, 1.807) is 4.90 Å². The minimum Gasteiger partial charge on any atom is -0.444 e. The fourth-order valence-corrected chi connectivity index (χ4v) is 2.86. The Morgan fingerprint density at radius 1 is 1.32 bits per heavy atom. The quantitative estimate of drug-likeness (QED) is 0.782. The maximum atomic E-state index is 12.0. The Morgan fingerprint density at radius 3 is 2.53 bits per heavy atom. The van der Waals surface area contributed by atoms with Gasteiger partial charge in [-0.25, -0.2) is 4.79 Å². The molecule has 0 spiro atoms. The zero-order valence-corrected chi connectivity index (χ0v) is 12.1. The third kappa shape index (κ3) is 3.96. The highest BCUT2D eigenvalue weighted by Crippen LogP contribution is 2.31. The summed E-state index contributed by atoms with van der Waals surface area (Å²) in [5.74, 6) is 0.829. The van der Waals surface area contributed by atoms with Gasteiger partial charge in [0, 0.05) is 12.5 Å². The Hall–Kier alpha value is -1.03. The first kappa shape index (κ1) is 14.4. The van der Waals surface area contributed by atoms with Crippen LogP contribution in [0, 0.1) is 11.8 Å². The number of β-amino-alcohol motifs (C(OH)–C–C–N with tert-alkyl or cyclic N) is 1. The first-order chi connectivity index (χ1) is 8.85. The Morgan fingerprint density at radius 2 is 1.95 bits per heavy atom. The molecule has 4 nitrogen and oxygen atoms in total. The van der Waals surface area contributed by atoms with E-state index in [0.717, 1.165) is 19.3 Å². The standard InChI is InChI=1S/C15H25NO3/c1-15(2,3)19-14(18)16-9-12(13(17)10-16)8-11-6-4-5-7-11/h4-5,11-13,17H,6-10H2,1-3H3/t12-,13-/m1/s1. The topological polar surface area (TPSA) is 49.8 Å². The molecule has 0 unspecified atom stereocenters. The lowest BCUT2D eigenvalue weighted by molar-refractivity contribution is 0.0269. The molecule has 0 aromatic rings. The highest BCUT2D eigenvalue weighted by Gasteiger charge is 2.37. The summed E-state index contributed by atoms with van der Waals surface area (Å²) in [6.07, 6.45) is 6.90. The Balaban J connectivity index is 1.84. The van der Waals surface area contributed by atoms with Gasteiger partial charge in [0.25, 0.3) is 0 Å². The molecular weight excluding hydrogens is 242 g/mol. The Labute approximate surface area is 115 Å². The van der Waals surface area contributed by atoms with E-state index in [1.165, 1.54) is 0 Å². The van der Waals surface area contributed by atoms with Crippen molar-refractivity contribution in [3.63, 3.8) is 0 Å². The molecule has 2 aliphatic rings. The average Bonchev–Trinajstić information content (AvgIpc) is 2.88. The number of hydrogen-bond acceptors (Lipinski definition) is 3. The van der Waals surface area contributed by atoms with E-state index in [-0.39, 0.29) is 12.0 Å². The van der Waals surface area contributed by atoms with Crippen LogP contribution in [0.2, 0.25) is 0 Å². The average molecular weight is 267 g/mol. The van der Waals surface area contributed by atoms with Crippen LogP contribution in [0.25, 0.3) is 0 Å². The molecule has 1 saturated heterocycles. The maximum Gasteiger partial charge on any atom is 0.410 e. The van der Waals surface area contributed by atoms with Gasteiger partial charge in [0.15, 0.2) is 0 Å². The zero-order valence-electron chi connectivity index (χ0n) is 12.1. The van der Waals surface area contributed by atoms with Gasteiger partial charge in [0.1, 0.15) is 5.60 Å². The third-order valence-corrected chi connectivity index (χ3v) is 3.80. The van der Waals surface area contributed by atoms with Crippen molar-refractivity contribution < 1.29 is 14.6 Å². The van der Waals surface area contributed by atoms with E-state index in [9.17, 15) is 9.90 Å². The second-order valence-corrected chi connectivity index (χ2v) is 6.76. The van der Waals surface area contributed by atoms with Crippen molar-refractivity contribution in [2.24, 2.45) is 11.8 Å². The SMILES string of the molecule is CC(C)(C)OC(=O)N1C[C@@H](CC2CC=CC2)[C@H](O)C1. The fraction of sp³-hybridized carbons (Fsp3) is 0.800. The van der Waals surface area contributed by atoms with Gasteiger partial charge in [-0.15, -0.1) is 0 Å². The van der Waals surface area contributed by atoms with Crippen LogP contribution in [-0.4, -0.2) is 40.9 Å². The van der Waals surface area contributed by atoms with E-state index in [2.05, 4.69) is 12.2 Å². The van der Waals surface area contributed by atoms with Gasteiger partial charge in [-0.1, -0.05) is 12.2 Å². The molecule has 1 aliphatic carbocycles. The Bertz CT molecular complexity index is 351. The smallest absolute Gasteiger partial charge is 0.410 e. The number of rotatable bonds is 2. The molecule has 1 amide bonds. The van der Waals surface area contributed by atoms with Gasteiger partial charge in [-0.2, -0.15) is 0 Å². The summed E-state index contributed by atoms with van der Waals surface area (Å²) in [6.45, 7) is 6.60. The lowest BCUT2D eigenvalue weighted by Gasteiger charge is -2.24. The molecule has 2 rings (SSSR count). The second-order valence-electron chi connectivity index (χ2n) is 6.76. The number of amides is 1. The number of aliphatic hydroxyl groups is 1. The molecule has 4 heteroatoms. The van der Waals surface area contributed by atoms with Crippen LogP contribution in [0.15, 0.2) is 12.2 Å². The lowest BCUT2D eigenvalue weighted by atomic mass is 9.91. The van der Waals surface area contributed by atoms with Crippen LogP contribution >= 0.6 is 0 Å². The van der Waals surface area contributed by atoms with Crippen LogP contribution in [0.5, 0.6) is 0 Å². The fourth-order valence-electron chi connectivity index (χ4n) is 2.86. The first-order valence-corrected chi connectivity index (χ1v) is 7.16. The van der Waals surface area contributed by atoms with E-state index in [1.807, 2.05) is 20.8 Å². The number of likely N-dealkylation sites (tertiary alicyclic amines) is 1. The third-order valence-electron chi connectivity index (χ3n) is 3.80. The van der Waals surface area contributed by atoms with Gasteiger partial charge in [0.05, 0.1) is 12.6 Å². The van der Waals surface area contributed by atoms with Crippen LogP contribution in [0.3, 0.4) is 0 Å². The molecule has 1 N–H and O–H groups in total. The van der Waals surface area contributed by atoms with Crippen molar-refractivity contribution >= 4 is 6.09 Å². The molecule has 0 bridgehead atoms. The van der Waals surface area contributed by atoms with Gasteiger partial charge in [-0.05, 0) is 46.0 Å². The van der Waals surface area contributed by atoms with Crippen molar-refractivity contribution in [1.29, 1.82) is 0 Å². The second kappa shape index (κ2) is 5.53. The summed E-state index contributed by atoms with van der Waals surface area (Å²) in [4.78, 5) is 13.6. The molecule has 0 aromatic carbocycles. The van der Waals surface area contributed by atoms with E-state index < -0.39 is 11.7 Å². The predicted molar refractivity (Wildman–Crippen MR) is 73.8 cm³/mol. The van der Waals surface area contributed by atoms with Crippen molar-refractivity contribution in [2.45, 2.75) is 51.7 Å². The number of ether oxygens (including phenoxy) is 1. The van der Waals surface area contributed by atoms with Crippen LogP contribution < -0.4 is 0 Å². The summed E-state index contributed by atoms with van der Waals surface area (Å²) >= 11 is 0. The first-order valence-electron chi connectivity index (χ1n) is 7.16. The maximum absolute atomic E-state index is 12.0. The van der Waals surface area contributed by atoms with Crippen molar-refractivity contribution in [1.82, 2.24) is 4.90 Å². The van der Waals surface area contributed by atoms with E-state index in [4.69, 9.17) is 4.74 Å². The number of allylic oxidation sites excluding steroid dienone is 2. The van der Waals surface area contributed by atoms with Crippen molar-refractivity contribution in [3.05, 3.63) is 12.2 Å². The number of hydrogen-bond donors (Lipinski definition) is 1. The highest BCUT2D eigenvalue weighted by atomic mass is 16.6. The molecule has 0 aromatic heterocycles. The molecule has 2 atom stereocenters. The lowest BCUT2D eigenvalue weighted by Crippen LogP contribution is -2.35. The van der Waals surface area contributed by atoms with Crippen LogP contribution in [-0.2, 0) is 4.74 Å². The highest BCUT2D eigenvalue weighted by molar-refractivity contribution is 5.68. The van der Waals surface area contributed by atoms with Gasteiger partial charge in [-0.3, -0.25) is 0 Å². The van der Waals surface area contributed by atoms with Gasteiger partial charge >= 0.3 is 6.09 Å². The molecule has 0 radical (unpaired) electrons. The number of aliphatic hydroxyl groups excluding tert-OH is 1. The molecular formula is C15H25NO3. The molecule has 108 valence electrons. The monoisotopic (exact) mass is 267 g/mol. The van der Waals surface area contributed by atoms with E-state index >= 15 is 0 Å². The van der Waals surface area contributed by atoms with Crippen molar-refractivity contribution in [2.75, 3.05) is 13.1 Å². The van der Waals surface area contributed by atoms with Gasteiger partial charge < -0.3 is 14.7 Å². The molecule has 0 saturated carbocycles. The minimum absolute atomic E-state index is 0.192. The van der Waals surface area contributed by atoms with Gasteiger partial charge in [0.2, 0.25) is 0 Å². The predicted octanol–water partition coefficient (Wildman–Crippen LogP) is 2.57. The molecule has 1 aliphatic heterocycles. The van der Waals surface area contributed by atoms with Crippen molar-refractivity contribution in [3.8, 4) is 0 Å². The summed E-state index contributed by atoms with van der Waals surface area (Å²) in [5, 5.41) is 10.1. The minimum atomic E-state index is -0.477. The normalized spacial score (nSPS) is 28.1. The largest absolute Gasteiger partial charge is 0.444 e. The number of nitrogens with zero attached hydrogens (tertiary/aromatic N) is 1. The molecule has 19 heavy (non-hydrogen) atoms. The summed E-state index contributed by atoms with van der Waals surface area (Å²) in [6, 6.07) is 0.